The molecule has 192 valence electrons. The van der Waals surface area contributed by atoms with E-state index in [1.165, 1.54) is 5.56 Å². The molecule has 0 aliphatic carbocycles. The van der Waals surface area contributed by atoms with E-state index in [1.807, 2.05) is 12.1 Å². The summed E-state index contributed by atoms with van der Waals surface area (Å²) in [5, 5.41) is 10.0. The third-order valence-electron chi connectivity index (χ3n) is 7.19. The Hall–Kier alpha value is -2.09. The summed E-state index contributed by atoms with van der Waals surface area (Å²) in [5.41, 5.74) is 3.59. The van der Waals surface area contributed by atoms with E-state index in [1.54, 1.807) is 22.5 Å². The summed E-state index contributed by atoms with van der Waals surface area (Å²) in [6, 6.07) is 10.9. The zero-order valence-corrected chi connectivity index (χ0v) is 22.0. The highest BCUT2D eigenvalue weighted by atomic mass is 32.2. The smallest absolute Gasteiger partial charge is 0.264 e. The van der Waals surface area contributed by atoms with Crippen molar-refractivity contribution in [3.63, 3.8) is 0 Å². The van der Waals surface area contributed by atoms with Gasteiger partial charge in [-0.05, 0) is 85.8 Å². The third-order valence-corrected chi connectivity index (χ3v) is 9.05. The number of aryl methyl sites for hydroxylation is 2. The number of aliphatic hydroxyl groups excluding tert-OH is 1. The molecule has 0 radical (unpaired) electrons. The molecule has 2 aromatic rings. The second kappa shape index (κ2) is 11.3. The SMILES string of the molecule is CCc1ccc2c(c1)CCC(CC(C)C)N2S(=O)(=O)c1ccc(OCC2CCOCC2)c(CO)c1. The van der Waals surface area contributed by atoms with Crippen LogP contribution in [0.3, 0.4) is 0 Å². The number of nitrogens with zero attached hydrogens (tertiary/aromatic N) is 1. The highest BCUT2D eigenvalue weighted by molar-refractivity contribution is 7.92. The van der Waals surface area contributed by atoms with Crippen molar-refractivity contribution in [2.24, 2.45) is 11.8 Å². The molecule has 1 fully saturated rings. The van der Waals surface area contributed by atoms with E-state index in [-0.39, 0.29) is 17.5 Å². The molecule has 1 saturated heterocycles. The highest BCUT2D eigenvalue weighted by Gasteiger charge is 2.36. The van der Waals surface area contributed by atoms with E-state index in [0.29, 0.717) is 29.8 Å². The molecule has 1 unspecified atom stereocenters. The maximum atomic E-state index is 14.1. The lowest BCUT2D eigenvalue weighted by Gasteiger charge is -2.39. The molecule has 2 aromatic carbocycles. The van der Waals surface area contributed by atoms with Gasteiger partial charge in [-0.2, -0.15) is 0 Å². The first-order valence-corrected chi connectivity index (χ1v) is 14.4. The largest absolute Gasteiger partial charge is 0.493 e. The Bertz CT molecular complexity index is 1110. The maximum absolute atomic E-state index is 14.1. The van der Waals surface area contributed by atoms with Crippen LogP contribution in [0.2, 0.25) is 0 Å². The van der Waals surface area contributed by atoms with Crippen molar-refractivity contribution in [2.45, 2.75) is 76.8 Å². The predicted molar refractivity (Wildman–Crippen MR) is 138 cm³/mol. The van der Waals surface area contributed by atoms with Crippen LogP contribution in [0.1, 0.15) is 63.1 Å². The van der Waals surface area contributed by atoms with E-state index in [4.69, 9.17) is 9.47 Å². The molecular formula is C28H39NO5S. The zero-order valence-electron chi connectivity index (χ0n) is 21.2. The van der Waals surface area contributed by atoms with Gasteiger partial charge in [0.1, 0.15) is 5.75 Å². The number of anilines is 1. The molecule has 4 rings (SSSR count). The monoisotopic (exact) mass is 501 g/mol. The predicted octanol–water partition coefficient (Wildman–Crippen LogP) is 5.10. The topological polar surface area (TPSA) is 76.1 Å². The molecule has 0 amide bonds. The molecule has 0 bridgehead atoms. The van der Waals surface area contributed by atoms with Gasteiger partial charge in [-0.1, -0.05) is 32.9 Å². The van der Waals surface area contributed by atoms with Gasteiger partial charge in [0.05, 0.1) is 23.8 Å². The normalized spacial score (nSPS) is 19.1. The number of ether oxygens (including phenoxy) is 2. The van der Waals surface area contributed by atoms with Gasteiger partial charge < -0.3 is 14.6 Å². The van der Waals surface area contributed by atoms with Gasteiger partial charge in [-0.25, -0.2) is 8.42 Å². The Balaban J connectivity index is 1.65. The van der Waals surface area contributed by atoms with Gasteiger partial charge in [0, 0.05) is 24.8 Å². The Kier molecular flexibility index (Phi) is 8.40. The zero-order chi connectivity index (χ0) is 25.0. The summed E-state index contributed by atoms with van der Waals surface area (Å²) in [7, 11) is -3.82. The molecule has 35 heavy (non-hydrogen) atoms. The van der Waals surface area contributed by atoms with Crippen molar-refractivity contribution in [3.8, 4) is 5.75 Å². The van der Waals surface area contributed by atoms with Crippen molar-refractivity contribution in [2.75, 3.05) is 24.1 Å². The fraction of sp³-hybridized carbons (Fsp3) is 0.571. The number of sulfonamides is 1. The molecule has 1 N–H and O–H groups in total. The van der Waals surface area contributed by atoms with Crippen LogP contribution < -0.4 is 9.04 Å². The Morgan fingerprint density at radius 1 is 1.11 bits per heavy atom. The molecule has 2 aliphatic rings. The minimum Gasteiger partial charge on any atom is -0.493 e. The van der Waals surface area contributed by atoms with Crippen LogP contribution in [0.4, 0.5) is 5.69 Å². The summed E-state index contributed by atoms with van der Waals surface area (Å²) >= 11 is 0. The standard InChI is InChI=1S/C28H39NO5S/c1-4-21-5-9-27-23(16-21)6-7-25(15-20(2)3)29(27)35(31,32)26-8-10-28(24(17-26)18-30)34-19-22-11-13-33-14-12-22/h5,8-10,16-17,20,22,25,30H,4,6-7,11-15,18-19H2,1-3H3. The number of rotatable bonds is 9. The molecule has 0 saturated carbocycles. The minimum absolute atomic E-state index is 0.0954. The van der Waals surface area contributed by atoms with Gasteiger partial charge in [0.25, 0.3) is 10.0 Å². The summed E-state index contributed by atoms with van der Waals surface area (Å²) < 4.78 is 41.2. The Labute approximate surface area is 210 Å². The van der Waals surface area contributed by atoms with Crippen LogP contribution in [-0.2, 0) is 34.2 Å². The molecular weight excluding hydrogens is 462 g/mol. The van der Waals surface area contributed by atoms with E-state index < -0.39 is 10.0 Å². The third kappa shape index (κ3) is 5.84. The summed E-state index contributed by atoms with van der Waals surface area (Å²) in [6.45, 7) is 8.13. The fourth-order valence-corrected chi connectivity index (χ4v) is 6.99. The van der Waals surface area contributed by atoms with Gasteiger partial charge >= 0.3 is 0 Å². The Morgan fingerprint density at radius 3 is 2.57 bits per heavy atom. The number of hydrogen-bond acceptors (Lipinski definition) is 5. The van der Waals surface area contributed by atoms with Crippen LogP contribution in [0.25, 0.3) is 0 Å². The maximum Gasteiger partial charge on any atom is 0.264 e. The van der Waals surface area contributed by atoms with Gasteiger partial charge in [-0.3, -0.25) is 4.31 Å². The average molecular weight is 502 g/mol. The number of aliphatic hydroxyl groups is 1. The molecule has 1 atom stereocenters. The second-order valence-electron chi connectivity index (χ2n) is 10.2. The van der Waals surface area contributed by atoms with Crippen molar-refractivity contribution < 1.29 is 23.0 Å². The van der Waals surface area contributed by atoms with Crippen LogP contribution in [-0.4, -0.2) is 39.4 Å². The van der Waals surface area contributed by atoms with Crippen molar-refractivity contribution in [1.29, 1.82) is 0 Å². The lowest BCUT2D eigenvalue weighted by atomic mass is 9.91. The van der Waals surface area contributed by atoms with Gasteiger partial charge in [0.15, 0.2) is 0 Å². The van der Waals surface area contributed by atoms with Crippen molar-refractivity contribution in [3.05, 3.63) is 53.1 Å². The van der Waals surface area contributed by atoms with E-state index in [2.05, 4.69) is 26.8 Å². The van der Waals surface area contributed by atoms with Gasteiger partial charge in [0.2, 0.25) is 0 Å². The molecule has 2 aliphatic heterocycles. The van der Waals surface area contributed by atoms with E-state index in [9.17, 15) is 13.5 Å². The summed E-state index contributed by atoms with van der Waals surface area (Å²) in [4.78, 5) is 0.196. The van der Waals surface area contributed by atoms with Crippen molar-refractivity contribution in [1.82, 2.24) is 0 Å². The Morgan fingerprint density at radius 2 is 1.89 bits per heavy atom. The first-order chi connectivity index (χ1) is 16.8. The molecule has 6 nitrogen and oxygen atoms in total. The minimum atomic E-state index is -3.82. The molecule has 0 spiro atoms. The molecule has 0 aromatic heterocycles. The lowest BCUT2D eigenvalue weighted by Crippen LogP contribution is -2.44. The van der Waals surface area contributed by atoms with Crippen LogP contribution in [0.15, 0.2) is 41.3 Å². The lowest BCUT2D eigenvalue weighted by molar-refractivity contribution is 0.0494. The van der Waals surface area contributed by atoms with Crippen LogP contribution in [0.5, 0.6) is 5.75 Å². The molecule has 7 heteroatoms. The van der Waals surface area contributed by atoms with Crippen LogP contribution in [0, 0.1) is 11.8 Å². The number of benzene rings is 2. The number of hydrogen-bond donors (Lipinski definition) is 1. The first-order valence-electron chi connectivity index (χ1n) is 12.9. The number of fused-ring (bicyclic) bond motifs is 1. The summed E-state index contributed by atoms with van der Waals surface area (Å²) in [5.74, 6) is 1.33. The molecule has 2 heterocycles. The second-order valence-corrected chi connectivity index (χ2v) is 12.0. The fourth-order valence-electron chi connectivity index (χ4n) is 5.21. The van der Waals surface area contributed by atoms with Crippen molar-refractivity contribution >= 4 is 15.7 Å². The first kappa shape index (κ1) is 26.0. The van der Waals surface area contributed by atoms with E-state index >= 15 is 0 Å². The average Bonchev–Trinajstić information content (AvgIpc) is 2.87. The summed E-state index contributed by atoms with van der Waals surface area (Å²) in [6.07, 6.45) is 5.31. The highest BCUT2D eigenvalue weighted by Crippen LogP contribution is 2.39. The van der Waals surface area contributed by atoms with Gasteiger partial charge in [-0.15, -0.1) is 0 Å². The van der Waals surface area contributed by atoms with Crippen LogP contribution >= 0.6 is 0 Å². The van der Waals surface area contributed by atoms with E-state index in [0.717, 1.165) is 63.0 Å². The quantitative estimate of drug-likeness (QED) is 0.517.